The highest BCUT2D eigenvalue weighted by Crippen LogP contribution is 2.18. The smallest absolute Gasteiger partial charge is 0.260 e. The van der Waals surface area contributed by atoms with Crippen molar-refractivity contribution in [3.8, 4) is 0 Å². The van der Waals surface area contributed by atoms with E-state index in [1.165, 1.54) is 36.3 Å². The van der Waals surface area contributed by atoms with Gasteiger partial charge in [-0.2, -0.15) is 0 Å². The molecular weight excluding hydrogens is 349 g/mol. The van der Waals surface area contributed by atoms with Crippen LogP contribution in [0.25, 0.3) is 0 Å². The lowest BCUT2D eigenvalue weighted by Crippen LogP contribution is -2.40. The standard InChI is InChI=1S/C20H22FN3O3/c1-12-6-13(8-15(21)7-12)11-24(2)20(27)17-9-14(10-22-19(17)26)18(25)23-16-4-3-5-16/h6-10,16H,3-5,11H2,1-2H3,(H,22,26)(H,23,25). The van der Waals surface area contributed by atoms with E-state index in [-0.39, 0.29) is 35.4 Å². The van der Waals surface area contributed by atoms with Crippen LogP contribution in [0, 0.1) is 12.7 Å². The van der Waals surface area contributed by atoms with E-state index in [2.05, 4.69) is 10.3 Å². The summed E-state index contributed by atoms with van der Waals surface area (Å²) in [7, 11) is 1.53. The number of rotatable bonds is 5. The predicted molar refractivity (Wildman–Crippen MR) is 99.1 cm³/mol. The molecule has 1 aromatic carbocycles. The number of H-pyrrole nitrogens is 1. The highest BCUT2D eigenvalue weighted by atomic mass is 19.1. The summed E-state index contributed by atoms with van der Waals surface area (Å²) in [6.07, 6.45) is 4.28. The van der Waals surface area contributed by atoms with Gasteiger partial charge in [0, 0.05) is 25.8 Å². The zero-order chi connectivity index (χ0) is 19.6. The monoisotopic (exact) mass is 371 g/mol. The number of hydrogen-bond donors (Lipinski definition) is 2. The third-order valence-electron chi connectivity index (χ3n) is 4.70. The van der Waals surface area contributed by atoms with Gasteiger partial charge in [0.2, 0.25) is 0 Å². The van der Waals surface area contributed by atoms with Crippen LogP contribution in [-0.2, 0) is 6.54 Å². The first-order valence-electron chi connectivity index (χ1n) is 8.88. The molecule has 1 aliphatic rings. The van der Waals surface area contributed by atoms with Crippen molar-refractivity contribution >= 4 is 11.8 Å². The molecule has 0 atom stereocenters. The number of amides is 2. The molecule has 27 heavy (non-hydrogen) atoms. The molecule has 0 saturated heterocycles. The topological polar surface area (TPSA) is 82.3 Å². The minimum Gasteiger partial charge on any atom is -0.349 e. The molecule has 1 aliphatic carbocycles. The zero-order valence-electron chi connectivity index (χ0n) is 15.3. The molecule has 0 bridgehead atoms. The number of halogens is 1. The predicted octanol–water partition coefficient (Wildman–Crippen LogP) is 2.38. The molecule has 6 nitrogen and oxygen atoms in total. The van der Waals surface area contributed by atoms with E-state index in [0.29, 0.717) is 5.56 Å². The van der Waals surface area contributed by atoms with Crippen LogP contribution in [0.1, 0.15) is 51.1 Å². The first-order chi connectivity index (χ1) is 12.8. The first kappa shape index (κ1) is 18.8. The summed E-state index contributed by atoms with van der Waals surface area (Å²) in [5, 5.41) is 2.87. The third-order valence-corrected chi connectivity index (χ3v) is 4.70. The Kier molecular flexibility index (Phi) is 5.39. The molecule has 1 fully saturated rings. The summed E-state index contributed by atoms with van der Waals surface area (Å²) >= 11 is 0. The van der Waals surface area contributed by atoms with Gasteiger partial charge in [-0.1, -0.05) is 6.07 Å². The molecular formula is C20H22FN3O3. The Morgan fingerprint density at radius 1 is 1.26 bits per heavy atom. The Hall–Kier alpha value is -2.96. The molecule has 142 valence electrons. The van der Waals surface area contributed by atoms with E-state index in [0.717, 1.165) is 24.8 Å². The lowest BCUT2D eigenvalue weighted by Gasteiger charge is -2.26. The van der Waals surface area contributed by atoms with Crippen molar-refractivity contribution < 1.29 is 14.0 Å². The van der Waals surface area contributed by atoms with Gasteiger partial charge < -0.3 is 15.2 Å². The van der Waals surface area contributed by atoms with Crippen LogP contribution in [0.3, 0.4) is 0 Å². The van der Waals surface area contributed by atoms with Crippen LogP contribution in [0.5, 0.6) is 0 Å². The summed E-state index contributed by atoms with van der Waals surface area (Å²) in [4.78, 5) is 40.8. The summed E-state index contributed by atoms with van der Waals surface area (Å²) in [6.45, 7) is 1.92. The average molecular weight is 371 g/mol. The molecule has 7 heteroatoms. The Morgan fingerprint density at radius 2 is 2.00 bits per heavy atom. The average Bonchev–Trinajstić information content (AvgIpc) is 2.56. The van der Waals surface area contributed by atoms with Gasteiger partial charge in [0.05, 0.1) is 5.56 Å². The molecule has 2 N–H and O–H groups in total. The number of pyridine rings is 1. The molecule has 3 rings (SSSR count). The minimum atomic E-state index is -0.567. The van der Waals surface area contributed by atoms with E-state index in [9.17, 15) is 18.8 Å². The Bertz CT molecular complexity index is 914. The second-order valence-corrected chi connectivity index (χ2v) is 7.03. The fourth-order valence-electron chi connectivity index (χ4n) is 3.05. The number of aromatic nitrogens is 1. The zero-order valence-corrected chi connectivity index (χ0v) is 15.3. The van der Waals surface area contributed by atoms with Crippen molar-refractivity contribution in [2.45, 2.75) is 38.8 Å². The van der Waals surface area contributed by atoms with Crippen molar-refractivity contribution in [2.75, 3.05) is 7.05 Å². The second-order valence-electron chi connectivity index (χ2n) is 7.03. The number of nitrogens with one attached hydrogen (secondary N) is 2. The summed E-state index contributed by atoms with van der Waals surface area (Å²) in [5.41, 5.74) is 0.922. The highest BCUT2D eigenvalue weighted by molar-refractivity contribution is 5.99. The Morgan fingerprint density at radius 3 is 2.63 bits per heavy atom. The molecule has 0 unspecified atom stereocenters. The van der Waals surface area contributed by atoms with Crippen LogP contribution >= 0.6 is 0 Å². The number of benzene rings is 1. The summed E-state index contributed by atoms with van der Waals surface area (Å²) < 4.78 is 13.5. The quantitative estimate of drug-likeness (QED) is 0.847. The first-order valence-corrected chi connectivity index (χ1v) is 8.88. The largest absolute Gasteiger partial charge is 0.349 e. The van der Waals surface area contributed by atoms with Crippen LogP contribution in [0.4, 0.5) is 4.39 Å². The molecule has 2 amide bonds. The fraction of sp³-hybridized carbons (Fsp3) is 0.350. The van der Waals surface area contributed by atoms with Gasteiger partial charge in [0.15, 0.2) is 0 Å². The van der Waals surface area contributed by atoms with E-state index in [1.54, 1.807) is 13.0 Å². The third kappa shape index (κ3) is 4.42. The van der Waals surface area contributed by atoms with Crippen LogP contribution in [-0.4, -0.2) is 34.8 Å². The maximum absolute atomic E-state index is 13.5. The Balaban J connectivity index is 1.77. The van der Waals surface area contributed by atoms with E-state index >= 15 is 0 Å². The normalized spacial score (nSPS) is 13.7. The number of carbonyl (C=O) groups excluding carboxylic acids is 2. The number of aromatic amines is 1. The maximum Gasteiger partial charge on any atom is 0.260 e. The number of nitrogens with zero attached hydrogens (tertiary/aromatic N) is 1. The highest BCUT2D eigenvalue weighted by Gasteiger charge is 2.22. The van der Waals surface area contributed by atoms with Crippen molar-refractivity contribution in [3.63, 3.8) is 0 Å². The van der Waals surface area contributed by atoms with Gasteiger partial charge in [0.25, 0.3) is 17.4 Å². The number of aryl methyl sites for hydroxylation is 1. The number of hydrogen-bond acceptors (Lipinski definition) is 3. The van der Waals surface area contributed by atoms with Crippen molar-refractivity contribution in [2.24, 2.45) is 0 Å². The minimum absolute atomic E-state index is 0.119. The maximum atomic E-state index is 13.5. The van der Waals surface area contributed by atoms with Gasteiger partial charge in [-0.15, -0.1) is 0 Å². The van der Waals surface area contributed by atoms with E-state index < -0.39 is 11.5 Å². The van der Waals surface area contributed by atoms with Gasteiger partial charge >= 0.3 is 0 Å². The van der Waals surface area contributed by atoms with Gasteiger partial charge in [-0.25, -0.2) is 4.39 Å². The fourth-order valence-corrected chi connectivity index (χ4v) is 3.05. The SMILES string of the molecule is Cc1cc(F)cc(CN(C)C(=O)c2cc(C(=O)NC3CCC3)c[nH]c2=O)c1. The van der Waals surface area contributed by atoms with Crippen LogP contribution in [0.15, 0.2) is 35.3 Å². The molecule has 1 aromatic heterocycles. The second kappa shape index (κ2) is 7.73. The van der Waals surface area contributed by atoms with E-state index in [1.807, 2.05) is 0 Å². The van der Waals surface area contributed by atoms with Gasteiger partial charge in [-0.05, 0) is 55.5 Å². The van der Waals surface area contributed by atoms with Gasteiger partial charge in [0.1, 0.15) is 11.4 Å². The molecule has 1 saturated carbocycles. The molecule has 0 aliphatic heterocycles. The molecule has 2 aromatic rings. The van der Waals surface area contributed by atoms with Crippen molar-refractivity contribution in [1.82, 2.24) is 15.2 Å². The van der Waals surface area contributed by atoms with Gasteiger partial charge in [-0.3, -0.25) is 14.4 Å². The molecule has 1 heterocycles. The lowest BCUT2D eigenvalue weighted by atomic mass is 9.93. The molecule has 0 spiro atoms. The molecule has 0 radical (unpaired) electrons. The van der Waals surface area contributed by atoms with Crippen LogP contribution in [0.2, 0.25) is 0 Å². The number of carbonyl (C=O) groups is 2. The van der Waals surface area contributed by atoms with Crippen LogP contribution < -0.4 is 10.9 Å². The van der Waals surface area contributed by atoms with Crippen molar-refractivity contribution in [1.29, 1.82) is 0 Å². The Labute approximate surface area is 156 Å². The van der Waals surface area contributed by atoms with Crippen molar-refractivity contribution in [3.05, 3.63) is 68.9 Å². The van der Waals surface area contributed by atoms with E-state index in [4.69, 9.17) is 0 Å². The summed E-state index contributed by atoms with van der Waals surface area (Å²) in [5.74, 6) is -1.22. The lowest BCUT2D eigenvalue weighted by molar-refractivity contribution is 0.0783. The summed E-state index contributed by atoms with van der Waals surface area (Å²) in [6, 6.07) is 5.99.